The van der Waals surface area contributed by atoms with Gasteiger partial charge in [0.25, 0.3) is 5.09 Å². The predicted molar refractivity (Wildman–Crippen MR) is 210 cm³/mol. The van der Waals surface area contributed by atoms with Gasteiger partial charge in [0.05, 0.1) is 42.3 Å². The number of aryl methyl sites for hydroxylation is 2. The van der Waals surface area contributed by atoms with Crippen LogP contribution in [-0.4, -0.2) is 78.5 Å². The molecular weight excluding hydrogens is 761 g/mol. The van der Waals surface area contributed by atoms with Crippen molar-refractivity contribution >= 4 is 35.2 Å². The van der Waals surface area contributed by atoms with Crippen LogP contribution in [0.15, 0.2) is 54.6 Å². The van der Waals surface area contributed by atoms with Crippen LogP contribution < -0.4 is 14.2 Å². The molecule has 300 valence electrons. The summed E-state index contributed by atoms with van der Waals surface area (Å²) in [6.07, 6.45) is 5.87. The Morgan fingerprint density at radius 2 is 1.66 bits per heavy atom. The zero-order valence-corrected chi connectivity index (χ0v) is 33.6. The first kappa shape index (κ1) is 39.8. The van der Waals surface area contributed by atoms with E-state index in [-0.39, 0.29) is 61.8 Å². The normalized spacial score (nSPS) is 23.4. The van der Waals surface area contributed by atoms with Crippen LogP contribution in [0.25, 0.3) is 0 Å². The molecule has 3 aliphatic carbocycles. The third kappa shape index (κ3) is 8.18. The van der Waals surface area contributed by atoms with Crippen LogP contribution in [0.5, 0.6) is 17.2 Å². The number of rotatable bonds is 17. The highest BCUT2D eigenvalue weighted by Crippen LogP contribution is 2.68. The molecule has 1 saturated heterocycles. The Bertz CT molecular complexity index is 1900. The largest absolute Gasteiger partial charge is 0.496 e. The van der Waals surface area contributed by atoms with Crippen molar-refractivity contribution in [3.05, 3.63) is 97.0 Å². The number of nitrogens with zero attached hydrogens (tertiary/aromatic N) is 3. The maximum absolute atomic E-state index is 15.2. The molecule has 4 fully saturated rings. The van der Waals surface area contributed by atoms with Crippen molar-refractivity contribution in [2.75, 3.05) is 33.5 Å². The summed E-state index contributed by atoms with van der Waals surface area (Å²) in [6.45, 7) is 4.98. The number of ether oxygens (including phenoxy) is 4. The number of unbranched alkanes of at least 4 members (excludes halogenated alkanes) is 1. The van der Waals surface area contributed by atoms with Crippen molar-refractivity contribution in [2.24, 2.45) is 11.3 Å². The zero-order valence-electron chi connectivity index (χ0n) is 32.0. The fraction of sp³-hybridized carbons (Fsp3) is 0.524. The molecule has 0 bridgehead atoms. The zero-order chi connectivity index (χ0) is 39.6. The van der Waals surface area contributed by atoms with Crippen LogP contribution in [0.1, 0.15) is 79.5 Å². The van der Waals surface area contributed by atoms with E-state index in [0.717, 1.165) is 66.5 Å². The van der Waals surface area contributed by atoms with Gasteiger partial charge in [0.15, 0.2) is 5.75 Å². The minimum Gasteiger partial charge on any atom is -0.496 e. The van der Waals surface area contributed by atoms with E-state index in [0.29, 0.717) is 40.9 Å². The maximum Gasteiger partial charge on any atom is 0.410 e. The third-order valence-electron chi connectivity index (χ3n) is 12.0. The Labute approximate surface area is 337 Å². The first-order chi connectivity index (χ1) is 27.0. The molecule has 1 spiro atoms. The summed E-state index contributed by atoms with van der Waals surface area (Å²) in [4.78, 5) is 47.9. The van der Waals surface area contributed by atoms with Crippen molar-refractivity contribution in [2.45, 2.75) is 95.8 Å². The lowest BCUT2D eigenvalue weighted by Gasteiger charge is -2.58. The summed E-state index contributed by atoms with van der Waals surface area (Å²) in [5, 5.41) is 10.6. The molecular formula is C42H49Cl2N3O9. The van der Waals surface area contributed by atoms with Gasteiger partial charge in [0, 0.05) is 24.0 Å². The monoisotopic (exact) mass is 809 g/mol. The fourth-order valence-electron chi connectivity index (χ4n) is 9.46. The van der Waals surface area contributed by atoms with Crippen molar-refractivity contribution in [3.8, 4) is 17.2 Å². The van der Waals surface area contributed by atoms with Crippen molar-refractivity contribution in [1.82, 2.24) is 9.80 Å². The Morgan fingerprint density at radius 3 is 2.34 bits per heavy atom. The summed E-state index contributed by atoms with van der Waals surface area (Å²) < 4.78 is 23.1. The second-order valence-corrected chi connectivity index (χ2v) is 16.3. The molecule has 1 aliphatic heterocycles. The number of methoxy groups -OCH3 is 1. The van der Waals surface area contributed by atoms with Gasteiger partial charge < -0.3 is 33.6 Å². The third-order valence-corrected chi connectivity index (χ3v) is 12.5. The van der Waals surface area contributed by atoms with Crippen molar-refractivity contribution < 1.29 is 38.5 Å². The van der Waals surface area contributed by atoms with Gasteiger partial charge in [-0.15, -0.1) is 10.1 Å². The van der Waals surface area contributed by atoms with Gasteiger partial charge in [0.2, 0.25) is 5.91 Å². The van der Waals surface area contributed by atoms with Crippen LogP contribution in [0.3, 0.4) is 0 Å². The Morgan fingerprint density at radius 1 is 0.946 bits per heavy atom. The highest BCUT2D eigenvalue weighted by Gasteiger charge is 2.73. The van der Waals surface area contributed by atoms with E-state index < -0.39 is 17.1 Å². The number of carbonyl (C=O) groups is 2. The smallest absolute Gasteiger partial charge is 0.410 e. The Hall–Kier alpha value is -4.42. The summed E-state index contributed by atoms with van der Waals surface area (Å²) in [5.74, 6) is 1.39. The molecule has 4 aliphatic rings. The van der Waals surface area contributed by atoms with Gasteiger partial charge in [-0.25, -0.2) is 4.79 Å². The molecule has 5 unspecified atom stereocenters. The van der Waals surface area contributed by atoms with Gasteiger partial charge in [-0.2, -0.15) is 0 Å². The number of amides is 2. The molecule has 3 aromatic rings. The van der Waals surface area contributed by atoms with Gasteiger partial charge in [-0.05, 0) is 117 Å². The average Bonchev–Trinajstić information content (AvgIpc) is 3.90. The molecule has 12 nitrogen and oxygen atoms in total. The van der Waals surface area contributed by atoms with Gasteiger partial charge in [0.1, 0.15) is 24.7 Å². The minimum absolute atomic E-state index is 0.00475. The summed E-state index contributed by atoms with van der Waals surface area (Å²) in [6, 6.07) is 17.4. The molecule has 0 aromatic heterocycles. The highest BCUT2D eigenvalue weighted by molar-refractivity contribution is 6.37. The molecule has 3 aromatic carbocycles. The number of likely N-dealkylation sites (tertiary alicyclic amines) is 1. The van der Waals surface area contributed by atoms with Gasteiger partial charge >= 0.3 is 6.09 Å². The number of benzene rings is 3. The Balaban J connectivity index is 1.10. The molecule has 1 heterocycles. The maximum atomic E-state index is 15.2. The fourth-order valence-corrected chi connectivity index (χ4v) is 10.2. The SMILES string of the molecule is COc1ccc(CN(C(=O)C2C(c3ccc(OCCOc4c(Cl)cc(C)cc4Cl)cc3)CC34CCCC3N(C(=O)OCCCCO[N+](=O)[O-])C24)C2CC2)cc1C. The molecule has 2 amide bonds. The van der Waals surface area contributed by atoms with E-state index in [4.69, 9.17) is 42.1 Å². The lowest BCUT2D eigenvalue weighted by Crippen LogP contribution is -2.71. The lowest BCUT2D eigenvalue weighted by molar-refractivity contribution is -0.757. The topological polar surface area (TPSA) is 130 Å². The molecule has 0 N–H and O–H groups in total. The second-order valence-electron chi connectivity index (χ2n) is 15.5. The van der Waals surface area contributed by atoms with E-state index >= 15 is 4.79 Å². The standard InChI is InChI=1S/C42H49Cl2N3O9/c1-26-21-33(43)38(34(44)22-26)54-20-19-53-31-13-9-29(10-14-31)32-24-42-16-6-7-36(42)46(41(49)55-17-4-5-18-56-47(50)51)39(42)37(32)40(48)45(30-11-12-30)25-28-8-15-35(52-3)27(2)23-28/h8-10,13-15,21-23,30,32,36-37,39H,4-7,11-12,16-20,24-25H2,1-3H3. The average molecular weight is 811 g/mol. The number of carbonyl (C=O) groups excluding carboxylic acids is 2. The van der Waals surface area contributed by atoms with Gasteiger partial charge in [-0.3, -0.25) is 4.79 Å². The van der Waals surface area contributed by atoms with Gasteiger partial charge in [-0.1, -0.05) is 53.9 Å². The summed E-state index contributed by atoms with van der Waals surface area (Å²) in [7, 11) is 1.65. The summed E-state index contributed by atoms with van der Waals surface area (Å²) >= 11 is 12.7. The molecule has 5 atom stereocenters. The van der Waals surface area contributed by atoms with Crippen LogP contribution in [0.4, 0.5) is 4.79 Å². The molecule has 7 rings (SSSR count). The second kappa shape index (κ2) is 17.0. The van der Waals surface area contributed by atoms with E-state index in [9.17, 15) is 14.9 Å². The molecule has 56 heavy (non-hydrogen) atoms. The van der Waals surface area contributed by atoms with Crippen LogP contribution in [-0.2, 0) is 20.9 Å². The summed E-state index contributed by atoms with van der Waals surface area (Å²) in [5.41, 5.74) is 3.85. The quantitative estimate of drug-likeness (QED) is 0.0747. The van der Waals surface area contributed by atoms with Crippen molar-refractivity contribution in [3.63, 3.8) is 0 Å². The molecule has 3 saturated carbocycles. The Kier molecular flexibility index (Phi) is 12.1. The molecule has 0 radical (unpaired) electrons. The van der Waals surface area contributed by atoms with E-state index in [2.05, 4.69) is 10.9 Å². The van der Waals surface area contributed by atoms with Crippen LogP contribution in [0.2, 0.25) is 10.0 Å². The van der Waals surface area contributed by atoms with Crippen LogP contribution >= 0.6 is 23.2 Å². The number of hydrogen-bond donors (Lipinski definition) is 0. The predicted octanol–water partition coefficient (Wildman–Crippen LogP) is 8.72. The first-order valence-corrected chi connectivity index (χ1v) is 20.2. The lowest BCUT2D eigenvalue weighted by atomic mass is 9.66. The first-order valence-electron chi connectivity index (χ1n) is 19.5. The van der Waals surface area contributed by atoms with E-state index in [1.165, 1.54) is 0 Å². The van der Waals surface area contributed by atoms with E-state index in [1.54, 1.807) is 19.2 Å². The molecule has 14 heteroatoms. The number of hydrogen-bond acceptors (Lipinski definition) is 9. The number of halogens is 2. The van der Waals surface area contributed by atoms with Crippen LogP contribution in [0, 0.1) is 35.3 Å². The van der Waals surface area contributed by atoms with Crippen molar-refractivity contribution in [1.29, 1.82) is 0 Å². The highest BCUT2D eigenvalue weighted by atomic mass is 35.5. The van der Waals surface area contributed by atoms with E-state index in [1.807, 2.05) is 60.0 Å². The minimum atomic E-state index is -0.823.